The van der Waals surface area contributed by atoms with Crippen molar-refractivity contribution in [3.8, 4) is 11.6 Å². The van der Waals surface area contributed by atoms with Gasteiger partial charge in [-0.15, -0.1) is 10.2 Å². The van der Waals surface area contributed by atoms with E-state index in [1.54, 1.807) is 18.6 Å². The number of nitrogens with zero attached hydrogens (tertiary/aromatic N) is 6. The Labute approximate surface area is 156 Å². The predicted octanol–water partition coefficient (Wildman–Crippen LogP) is 3.41. The monoisotopic (exact) mass is 358 g/mol. The van der Waals surface area contributed by atoms with Crippen molar-refractivity contribution in [3.63, 3.8) is 0 Å². The van der Waals surface area contributed by atoms with E-state index in [0.29, 0.717) is 17.5 Å². The maximum absolute atomic E-state index is 5.93. The van der Waals surface area contributed by atoms with Crippen molar-refractivity contribution >= 4 is 10.9 Å². The molecule has 0 spiro atoms. The van der Waals surface area contributed by atoms with Crippen molar-refractivity contribution in [2.24, 2.45) is 0 Å². The summed E-state index contributed by atoms with van der Waals surface area (Å²) >= 11 is 0. The highest BCUT2D eigenvalue weighted by Gasteiger charge is 2.31. The van der Waals surface area contributed by atoms with E-state index in [1.165, 1.54) is 10.9 Å². The Morgan fingerprint density at radius 2 is 2.00 bits per heavy atom. The Morgan fingerprint density at radius 1 is 1.04 bits per heavy atom. The van der Waals surface area contributed by atoms with Crippen molar-refractivity contribution in [3.05, 3.63) is 66.6 Å². The van der Waals surface area contributed by atoms with Gasteiger partial charge in [-0.3, -0.25) is 14.9 Å². The van der Waals surface area contributed by atoms with E-state index in [2.05, 4.69) is 48.2 Å². The zero-order valence-electron chi connectivity index (χ0n) is 14.7. The highest BCUT2D eigenvalue weighted by molar-refractivity contribution is 5.81. The fourth-order valence-corrected chi connectivity index (χ4v) is 3.69. The minimum absolute atomic E-state index is 0.120. The Kier molecular flexibility index (Phi) is 4.06. The van der Waals surface area contributed by atoms with E-state index < -0.39 is 0 Å². The van der Waals surface area contributed by atoms with Crippen LogP contribution >= 0.6 is 0 Å². The standard InChI is InChI=1S/C20H18N6O/c1-2-5-16-15(4-1)14(7-8-22-16)13-26-11-3-6-18(26)20-25-24-19(27-20)17-12-21-9-10-23-17/h1-2,4-5,7-10,12,18H,3,6,11,13H2. The molecular weight excluding hydrogens is 340 g/mol. The molecule has 7 nitrogen and oxygen atoms in total. The molecule has 27 heavy (non-hydrogen) atoms. The van der Waals surface area contributed by atoms with Crippen LogP contribution < -0.4 is 0 Å². The maximum Gasteiger partial charge on any atom is 0.267 e. The lowest BCUT2D eigenvalue weighted by atomic mass is 10.1. The number of rotatable bonds is 4. The number of likely N-dealkylation sites (tertiary alicyclic amines) is 1. The van der Waals surface area contributed by atoms with Gasteiger partial charge in [0.25, 0.3) is 5.89 Å². The molecule has 4 aromatic rings. The van der Waals surface area contributed by atoms with Crippen molar-refractivity contribution in [2.75, 3.05) is 6.54 Å². The Hall–Kier alpha value is -3.19. The van der Waals surface area contributed by atoms with Gasteiger partial charge in [-0.05, 0) is 37.1 Å². The molecular formula is C20H18N6O. The summed E-state index contributed by atoms with van der Waals surface area (Å²) in [6.45, 7) is 1.83. The third-order valence-corrected chi connectivity index (χ3v) is 4.98. The first-order valence-corrected chi connectivity index (χ1v) is 9.05. The first-order chi connectivity index (χ1) is 13.4. The predicted molar refractivity (Wildman–Crippen MR) is 99.5 cm³/mol. The molecule has 0 aliphatic carbocycles. The highest BCUT2D eigenvalue weighted by atomic mass is 16.4. The van der Waals surface area contributed by atoms with Gasteiger partial charge < -0.3 is 4.42 Å². The average Bonchev–Trinajstić information content (AvgIpc) is 3.38. The molecule has 0 radical (unpaired) electrons. The third kappa shape index (κ3) is 3.06. The summed E-state index contributed by atoms with van der Waals surface area (Å²) in [6, 6.07) is 10.5. The molecule has 1 saturated heterocycles. The first-order valence-electron chi connectivity index (χ1n) is 9.05. The van der Waals surface area contributed by atoms with Crippen LogP contribution in [0.15, 0.2) is 59.5 Å². The summed E-state index contributed by atoms with van der Waals surface area (Å²) in [6.07, 6.45) is 8.87. The van der Waals surface area contributed by atoms with Crippen LogP contribution in [0, 0.1) is 0 Å². The molecule has 7 heteroatoms. The van der Waals surface area contributed by atoms with Crippen LogP contribution in [0.4, 0.5) is 0 Å². The van der Waals surface area contributed by atoms with Crippen LogP contribution in [0.3, 0.4) is 0 Å². The van der Waals surface area contributed by atoms with Crippen molar-refractivity contribution in [2.45, 2.75) is 25.4 Å². The summed E-state index contributed by atoms with van der Waals surface area (Å²) in [5, 5.41) is 9.65. The second kappa shape index (κ2) is 6.85. The van der Waals surface area contributed by atoms with Crippen molar-refractivity contribution in [1.29, 1.82) is 0 Å². The SMILES string of the molecule is c1ccc2c(CN3CCCC3c3nnc(-c4cnccn4)o3)ccnc2c1. The van der Waals surface area contributed by atoms with Crippen LogP contribution in [0.5, 0.6) is 0 Å². The third-order valence-electron chi connectivity index (χ3n) is 4.98. The van der Waals surface area contributed by atoms with E-state index in [-0.39, 0.29) is 6.04 Å². The molecule has 4 heterocycles. The van der Waals surface area contributed by atoms with E-state index >= 15 is 0 Å². The molecule has 5 rings (SSSR count). The number of fused-ring (bicyclic) bond motifs is 1. The second-order valence-electron chi connectivity index (χ2n) is 6.65. The zero-order valence-corrected chi connectivity index (χ0v) is 14.7. The molecule has 1 unspecified atom stereocenters. The van der Waals surface area contributed by atoms with Gasteiger partial charge in [-0.2, -0.15) is 0 Å². The summed E-state index contributed by atoms with van der Waals surface area (Å²) in [5.74, 6) is 1.06. The van der Waals surface area contributed by atoms with E-state index in [1.807, 2.05) is 18.3 Å². The summed E-state index contributed by atoms with van der Waals surface area (Å²) in [5.41, 5.74) is 2.88. The van der Waals surface area contributed by atoms with Gasteiger partial charge in [0.05, 0.1) is 17.8 Å². The highest BCUT2D eigenvalue weighted by Crippen LogP contribution is 2.34. The smallest absolute Gasteiger partial charge is 0.267 e. The van der Waals surface area contributed by atoms with Gasteiger partial charge in [-0.25, -0.2) is 4.98 Å². The molecule has 0 saturated carbocycles. The largest absolute Gasteiger partial charge is 0.417 e. The molecule has 134 valence electrons. The molecule has 1 fully saturated rings. The van der Waals surface area contributed by atoms with Gasteiger partial charge in [0.2, 0.25) is 5.89 Å². The molecule has 0 bridgehead atoms. The van der Waals surface area contributed by atoms with Gasteiger partial charge in [0.1, 0.15) is 5.69 Å². The van der Waals surface area contributed by atoms with Gasteiger partial charge in [0.15, 0.2) is 0 Å². The van der Waals surface area contributed by atoms with Crippen LogP contribution in [-0.2, 0) is 6.54 Å². The average molecular weight is 358 g/mol. The molecule has 3 aromatic heterocycles. The van der Waals surface area contributed by atoms with Crippen molar-refractivity contribution < 1.29 is 4.42 Å². The Balaban J connectivity index is 1.42. The fourth-order valence-electron chi connectivity index (χ4n) is 3.69. The minimum atomic E-state index is 0.120. The van der Waals surface area contributed by atoms with Crippen LogP contribution in [0.1, 0.15) is 30.3 Å². The summed E-state index contributed by atoms with van der Waals surface area (Å²) < 4.78 is 5.93. The molecule has 0 amide bonds. The topological polar surface area (TPSA) is 80.8 Å². The molecule has 1 aromatic carbocycles. The number of aromatic nitrogens is 5. The Morgan fingerprint density at radius 3 is 2.93 bits per heavy atom. The number of hydrogen-bond donors (Lipinski definition) is 0. The summed E-state index contributed by atoms with van der Waals surface area (Å²) in [7, 11) is 0. The van der Waals surface area contributed by atoms with E-state index in [4.69, 9.17) is 4.42 Å². The number of benzene rings is 1. The minimum Gasteiger partial charge on any atom is -0.417 e. The summed E-state index contributed by atoms with van der Waals surface area (Å²) in [4.78, 5) is 15.1. The van der Waals surface area contributed by atoms with Gasteiger partial charge in [-0.1, -0.05) is 18.2 Å². The zero-order chi connectivity index (χ0) is 18.1. The lowest BCUT2D eigenvalue weighted by molar-refractivity contribution is 0.216. The van der Waals surface area contributed by atoms with Gasteiger partial charge >= 0.3 is 0 Å². The molecule has 0 N–H and O–H groups in total. The van der Waals surface area contributed by atoms with Crippen LogP contribution in [0.2, 0.25) is 0 Å². The first kappa shape index (κ1) is 16.0. The Bertz CT molecular complexity index is 1060. The second-order valence-corrected chi connectivity index (χ2v) is 6.65. The molecule has 1 atom stereocenters. The molecule has 1 aliphatic heterocycles. The molecule has 1 aliphatic rings. The lowest BCUT2D eigenvalue weighted by Crippen LogP contribution is -2.23. The van der Waals surface area contributed by atoms with Crippen LogP contribution in [0.25, 0.3) is 22.5 Å². The van der Waals surface area contributed by atoms with Crippen molar-refractivity contribution in [1.82, 2.24) is 30.0 Å². The quantitative estimate of drug-likeness (QED) is 0.553. The lowest BCUT2D eigenvalue weighted by Gasteiger charge is -2.22. The number of pyridine rings is 1. The van der Waals surface area contributed by atoms with E-state index in [0.717, 1.165) is 31.4 Å². The maximum atomic E-state index is 5.93. The number of hydrogen-bond acceptors (Lipinski definition) is 7. The van der Waals surface area contributed by atoms with Gasteiger partial charge in [0, 0.05) is 30.5 Å². The fraction of sp³-hybridized carbons (Fsp3) is 0.250. The van der Waals surface area contributed by atoms with Crippen LogP contribution in [-0.4, -0.2) is 36.6 Å². The number of para-hydroxylation sites is 1. The van der Waals surface area contributed by atoms with E-state index in [9.17, 15) is 0 Å². The normalized spacial score (nSPS) is 17.6.